The lowest BCUT2D eigenvalue weighted by atomic mass is 10.0. The molecule has 0 fully saturated rings. The van der Waals surface area contributed by atoms with Crippen LogP contribution in [-0.4, -0.2) is 15.8 Å². The quantitative estimate of drug-likeness (QED) is 0.914. The van der Waals surface area contributed by atoms with Gasteiger partial charge in [0.05, 0.1) is 17.3 Å². The van der Waals surface area contributed by atoms with Crippen molar-refractivity contribution in [3.05, 3.63) is 53.1 Å². The number of halogens is 2. The molecule has 1 heterocycles. The molecule has 2 rings (SSSR count). The number of rotatable bonds is 3. The fourth-order valence-corrected chi connectivity index (χ4v) is 1.97. The first kappa shape index (κ1) is 12.1. The molecule has 0 saturated heterocycles. The molecule has 2 aromatic rings. The van der Waals surface area contributed by atoms with Crippen molar-refractivity contribution < 1.29 is 4.39 Å². The van der Waals surface area contributed by atoms with E-state index in [2.05, 4.69) is 5.10 Å². The van der Waals surface area contributed by atoms with E-state index in [1.807, 2.05) is 6.92 Å². The molecule has 1 aromatic carbocycles. The van der Waals surface area contributed by atoms with Crippen LogP contribution in [0.5, 0.6) is 0 Å². The Hall–Kier alpha value is -1.39. The van der Waals surface area contributed by atoms with Gasteiger partial charge in [-0.1, -0.05) is 23.7 Å². The van der Waals surface area contributed by atoms with Gasteiger partial charge in [0, 0.05) is 12.2 Å². The molecular formula is C12H13ClFN3. The average Bonchev–Trinajstić information content (AvgIpc) is 2.68. The number of nitrogens with zero attached hydrogens (tertiary/aromatic N) is 2. The summed E-state index contributed by atoms with van der Waals surface area (Å²) < 4.78 is 14.6. The zero-order valence-corrected chi connectivity index (χ0v) is 10.1. The molecule has 0 bridgehead atoms. The Morgan fingerprint density at radius 3 is 2.47 bits per heavy atom. The molecule has 1 aromatic heterocycles. The van der Waals surface area contributed by atoms with Gasteiger partial charge in [0.15, 0.2) is 0 Å². The van der Waals surface area contributed by atoms with Gasteiger partial charge < -0.3 is 5.73 Å². The van der Waals surface area contributed by atoms with Crippen LogP contribution in [0.25, 0.3) is 0 Å². The number of hydrogen-bond acceptors (Lipinski definition) is 2. The third-order valence-corrected chi connectivity index (χ3v) is 2.76. The number of hydrogen-bond donors (Lipinski definition) is 1. The Morgan fingerprint density at radius 2 is 2.00 bits per heavy atom. The Bertz CT molecular complexity index is 493. The molecule has 0 saturated carbocycles. The lowest BCUT2D eigenvalue weighted by molar-refractivity contribution is 0.453. The Labute approximate surface area is 104 Å². The predicted octanol–water partition coefficient (Wildman–Crippen LogP) is 2.61. The van der Waals surface area contributed by atoms with E-state index in [0.29, 0.717) is 5.02 Å². The minimum atomic E-state index is -0.268. The largest absolute Gasteiger partial charge is 0.326 e. The van der Waals surface area contributed by atoms with Crippen LogP contribution in [0.2, 0.25) is 5.02 Å². The van der Waals surface area contributed by atoms with Crippen LogP contribution in [0, 0.1) is 5.82 Å². The summed E-state index contributed by atoms with van der Waals surface area (Å²) in [5.74, 6) is -0.268. The van der Waals surface area contributed by atoms with Crippen molar-refractivity contribution in [1.82, 2.24) is 9.78 Å². The molecule has 90 valence electrons. The Kier molecular flexibility index (Phi) is 3.45. The van der Waals surface area contributed by atoms with Gasteiger partial charge >= 0.3 is 0 Å². The van der Waals surface area contributed by atoms with Crippen molar-refractivity contribution in [3.8, 4) is 0 Å². The normalized spacial score (nSPS) is 14.6. The van der Waals surface area contributed by atoms with Crippen LogP contribution in [0.15, 0.2) is 36.7 Å². The van der Waals surface area contributed by atoms with E-state index in [4.69, 9.17) is 17.3 Å². The van der Waals surface area contributed by atoms with E-state index < -0.39 is 0 Å². The zero-order chi connectivity index (χ0) is 12.4. The number of aromatic nitrogens is 2. The maximum absolute atomic E-state index is 12.9. The molecule has 0 aliphatic heterocycles. The molecule has 5 heteroatoms. The van der Waals surface area contributed by atoms with Crippen LogP contribution in [0.4, 0.5) is 4.39 Å². The minimum absolute atomic E-state index is 0.150. The smallest absolute Gasteiger partial charge is 0.123 e. The average molecular weight is 254 g/mol. The first-order chi connectivity index (χ1) is 8.08. The highest BCUT2D eigenvalue weighted by Gasteiger charge is 2.19. The maximum atomic E-state index is 12.9. The molecule has 0 amide bonds. The molecule has 17 heavy (non-hydrogen) atoms. The summed E-state index contributed by atoms with van der Waals surface area (Å²) in [4.78, 5) is 0. The van der Waals surface area contributed by atoms with Crippen LogP contribution >= 0.6 is 11.6 Å². The maximum Gasteiger partial charge on any atom is 0.123 e. The van der Waals surface area contributed by atoms with Gasteiger partial charge in [0.2, 0.25) is 0 Å². The summed E-state index contributed by atoms with van der Waals surface area (Å²) in [6.45, 7) is 1.88. The van der Waals surface area contributed by atoms with Gasteiger partial charge in [-0.3, -0.25) is 4.68 Å². The SMILES string of the molecule is CC(N)C(c1ccc(F)cc1)n1cc(Cl)cn1. The Balaban J connectivity index is 2.39. The monoisotopic (exact) mass is 253 g/mol. The first-order valence-electron chi connectivity index (χ1n) is 5.28. The Morgan fingerprint density at radius 1 is 1.35 bits per heavy atom. The van der Waals surface area contributed by atoms with Crippen molar-refractivity contribution in [2.45, 2.75) is 19.0 Å². The van der Waals surface area contributed by atoms with Gasteiger partial charge in [0.1, 0.15) is 5.82 Å². The molecule has 0 radical (unpaired) electrons. The van der Waals surface area contributed by atoms with Gasteiger partial charge in [-0.05, 0) is 24.6 Å². The van der Waals surface area contributed by atoms with E-state index in [1.54, 1.807) is 29.2 Å². The van der Waals surface area contributed by atoms with Crippen molar-refractivity contribution in [2.75, 3.05) is 0 Å². The van der Waals surface area contributed by atoms with Crippen LogP contribution < -0.4 is 5.73 Å². The molecule has 0 aliphatic rings. The lowest BCUT2D eigenvalue weighted by Gasteiger charge is -2.21. The minimum Gasteiger partial charge on any atom is -0.326 e. The third kappa shape index (κ3) is 2.65. The zero-order valence-electron chi connectivity index (χ0n) is 9.35. The van der Waals surface area contributed by atoms with E-state index >= 15 is 0 Å². The third-order valence-electron chi connectivity index (χ3n) is 2.56. The summed E-state index contributed by atoms with van der Waals surface area (Å²) >= 11 is 5.84. The molecule has 0 aliphatic carbocycles. The van der Waals surface area contributed by atoms with Crippen molar-refractivity contribution >= 4 is 11.6 Å². The van der Waals surface area contributed by atoms with Gasteiger partial charge in [-0.25, -0.2) is 4.39 Å². The highest BCUT2D eigenvalue weighted by atomic mass is 35.5. The lowest BCUT2D eigenvalue weighted by Crippen LogP contribution is -2.30. The summed E-state index contributed by atoms with van der Waals surface area (Å²) in [5, 5.41) is 4.70. The summed E-state index contributed by atoms with van der Waals surface area (Å²) in [5.41, 5.74) is 6.85. The molecule has 3 nitrogen and oxygen atoms in total. The molecule has 2 N–H and O–H groups in total. The summed E-state index contributed by atoms with van der Waals surface area (Å²) in [6.07, 6.45) is 3.26. The summed E-state index contributed by atoms with van der Waals surface area (Å²) in [7, 11) is 0. The highest BCUT2D eigenvalue weighted by molar-refractivity contribution is 6.30. The molecule has 0 spiro atoms. The van der Waals surface area contributed by atoms with Crippen molar-refractivity contribution in [3.63, 3.8) is 0 Å². The van der Waals surface area contributed by atoms with Crippen molar-refractivity contribution in [2.24, 2.45) is 5.73 Å². The van der Waals surface area contributed by atoms with E-state index in [0.717, 1.165) is 5.56 Å². The fraction of sp³-hybridized carbons (Fsp3) is 0.250. The van der Waals surface area contributed by atoms with E-state index in [1.165, 1.54) is 12.1 Å². The van der Waals surface area contributed by atoms with Gasteiger partial charge in [-0.15, -0.1) is 0 Å². The fourth-order valence-electron chi connectivity index (χ4n) is 1.82. The molecular weight excluding hydrogens is 241 g/mol. The van der Waals surface area contributed by atoms with Gasteiger partial charge in [0.25, 0.3) is 0 Å². The van der Waals surface area contributed by atoms with Crippen LogP contribution in [-0.2, 0) is 0 Å². The van der Waals surface area contributed by atoms with E-state index in [-0.39, 0.29) is 17.9 Å². The molecule has 2 atom stereocenters. The summed E-state index contributed by atoms with van der Waals surface area (Å²) in [6, 6.07) is 5.93. The van der Waals surface area contributed by atoms with Crippen molar-refractivity contribution in [1.29, 1.82) is 0 Å². The second-order valence-electron chi connectivity index (χ2n) is 3.99. The number of benzene rings is 1. The standard InChI is InChI=1S/C12H13ClFN3/c1-8(15)12(17-7-10(13)6-16-17)9-2-4-11(14)5-3-9/h2-8,12H,15H2,1H3. The second kappa shape index (κ2) is 4.85. The van der Waals surface area contributed by atoms with E-state index in [9.17, 15) is 4.39 Å². The second-order valence-corrected chi connectivity index (χ2v) is 4.43. The number of nitrogens with two attached hydrogens (primary N) is 1. The first-order valence-corrected chi connectivity index (χ1v) is 5.66. The van der Waals surface area contributed by atoms with Crippen LogP contribution in [0.1, 0.15) is 18.5 Å². The topological polar surface area (TPSA) is 43.8 Å². The highest BCUT2D eigenvalue weighted by Crippen LogP contribution is 2.22. The van der Waals surface area contributed by atoms with Crippen LogP contribution in [0.3, 0.4) is 0 Å². The molecule has 2 unspecified atom stereocenters. The van der Waals surface area contributed by atoms with Gasteiger partial charge in [-0.2, -0.15) is 5.10 Å². The predicted molar refractivity (Wildman–Crippen MR) is 65.4 cm³/mol.